The van der Waals surface area contributed by atoms with Gasteiger partial charge in [0, 0.05) is 54.1 Å². The molecule has 252 valence electrons. The molecule has 4 heterocycles. The topological polar surface area (TPSA) is 69.7 Å². The van der Waals surface area contributed by atoms with Gasteiger partial charge in [-0.1, -0.05) is 132 Å². The van der Waals surface area contributed by atoms with Crippen molar-refractivity contribution in [2.75, 3.05) is 0 Å². The van der Waals surface area contributed by atoms with E-state index < -0.39 is 6.10 Å². The lowest BCUT2D eigenvalue weighted by Gasteiger charge is -2.05. The quantitative estimate of drug-likeness (QED) is 0.308. The van der Waals surface area contributed by atoms with Crippen molar-refractivity contribution in [2.45, 2.75) is 81.8 Å². The second-order valence-corrected chi connectivity index (χ2v) is 9.79. The van der Waals surface area contributed by atoms with Crippen LogP contribution < -0.4 is 0 Å². The molecule has 0 radical (unpaired) electrons. The van der Waals surface area contributed by atoms with E-state index >= 15 is 0 Å². The van der Waals surface area contributed by atoms with Crippen LogP contribution in [-0.2, 0) is 0 Å². The molecule has 0 amide bonds. The summed E-state index contributed by atoms with van der Waals surface area (Å²) in [6.07, 6.45) is 52.5. The summed E-state index contributed by atoms with van der Waals surface area (Å²) in [6.45, 7) is 3.90. The Balaban J connectivity index is -0.000000250. The van der Waals surface area contributed by atoms with Gasteiger partial charge in [-0.25, -0.2) is 0 Å². The van der Waals surface area contributed by atoms with Gasteiger partial charge in [0.15, 0.2) is 0 Å². The monoisotopic (exact) mass is 690 g/mol. The van der Waals surface area contributed by atoms with Gasteiger partial charge in [-0.05, 0) is 74.5 Å². The van der Waals surface area contributed by atoms with E-state index in [1.165, 1.54) is 5.57 Å². The third-order valence-electron chi connectivity index (χ3n) is 5.33. The summed E-state index contributed by atoms with van der Waals surface area (Å²) in [7, 11) is 0. The highest BCUT2D eigenvalue weighted by Gasteiger charge is 2.01. The van der Waals surface area contributed by atoms with Gasteiger partial charge in [0.2, 0.25) is 0 Å². The first-order valence-electron chi connectivity index (χ1n) is 14.1. The van der Waals surface area contributed by atoms with Gasteiger partial charge in [-0.15, -0.1) is 0 Å². The number of hydrogen-bond acceptors (Lipinski definition) is 5. The first kappa shape index (κ1) is 48.9. The van der Waals surface area contributed by atoms with Crippen LogP contribution in [0.3, 0.4) is 0 Å². The van der Waals surface area contributed by atoms with Crippen molar-refractivity contribution < 1.29 is 5.11 Å². The standard InChI is InChI=1S/C10H13NO.C10H13N.C8H8BrN.C8H9N.4CH4/c1-9(12)10-6-4-2-3-5-7-11-8-10;1-2-10-7-5-3-4-6-8-11-9-10;9-8-5-3-1-2-4-6-10-7-8;1-2-4-6-8-9-7-5-3-1;;;;/h2-5,7-9,12H,6H2,1H3;3-6,8-9H,2,7H2,1H3;1-4,6-7H,5H2;1-3,5-8H,4H2;4*1H4/b4-2-,5-3-,10-8+,11-7+;5-3-,6-4-,10-9-,11-8+;3-1-,4-2-,8-7+,10-6+;2-1?,5-3?,8-6-,9-7?;;;;. The molecule has 0 aromatic rings. The molecular formula is C40H59BrN4O. The minimum atomic E-state index is -0.412. The third kappa shape index (κ3) is 31.4. The van der Waals surface area contributed by atoms with Crippen molar-refractivity contribution in [3.05, 3.63) is 144 Å². The highest BCUT2D eigenvalue weighted by molar-refractivity contribution is 9.11. The molecule has 0 fully saturated rings. The van der Waals surface area contributed by atoms with E-state index in [1.54, 1.807) is 44.2 Å². The predicted octanol–water partition coefficient (Wildman–Crippen LogP) is 12.1. The van der Waals surface area contributed by atoms with Crippen molar-refractivity contribution in [1.82, 2.24) is 0 Å². The van der Waals surface area contributed by atoms with Gasteiger partial charge in [0.05, 0.1) is 6.10 Å². The van der Waals surface area contributed by atoms with E-state index in [1.807, 2.05) is 91.4 Å². The zero-order valence-corrected chi connectivity index (χ0v) is 26.2. The number of halogens is 1. The maximum atomic E-state index is 9.29. The lowest BCUT2D eigenvalue weighted by Crippen LogP contribution is -2.03. The number of nitrogens with zero attached hydrogens (tertiary/aromatic N) is 4. The van der Waals surface area contributed by atoms with Gasteiger partial charge in [0.1, 0.15) is 0 Å². The number of rotatable bonds is 2. The molecule has 0 bridgehead atoms. The Morgan fingerprint density at radius 2 is 1.07 bits per heavy atom. The fourth-order valence-electron chi connectivity index (χ4n) is 2.98. The van der Waals surface area contributed by atoms with Crippen LogP contribution in [0.25, 0.3) is 0 Å². The van der Waals surface area contributed by atoms with Gasteiger partial charge in [-0.2, -0.15) is 0 Å². The average molecular weight is 692 g/mol. The summed E-state index contributed by atoms with van der Waals surface area (Å²) in [5, 5.41) is 9.29. The molecule has 4 aliphatic heterocycles. The molecule has 0 saturated heterocycles. The first-order chi connectivity index (χ1) is 20.6. The second-order valence-electron chi connectivity index (χ2n) is 8.77. The lowest BCUT2D eigenvalue weighted by molar-refractivity contribution is 0.229. The van der Waals surface area contributed by atoms with Crippen LogP contribution in [0.2, 0.25) is 0 Å². The van der Waals surface area contributed by atoms with Gasteiger partial charge >= 0.3 is 0 Å². The summed E-state index contributed by atoms with van der Waals surface area (Å²) in [5.41, 5.74) is 2.31. The second kappa shape index (κ2) is 37.2. The summed E-state index contributed by atoms with van der Waals surface area (Å²) in [5.74, 6) is 0. The van der Waals surface area contributed by atoms with E-state index in [9.17, 15) is 5.11 Å². The van der Waals surface area contributed by atoms with Crippen LogP contribution in [0.15, 0.2) is 164 Å². The highest BCUT2D eigenvalue weighted by Crippen LogP contribution is 2.11. The molecule has 4 rings (SSSR count). The van der Waals surface area contributed by atoms with Crippen molar-refractivity contribution in [3.63, 3.8) is 0 Å². The Bertz CT molecular complexity index is 1220. The predicted molar refractivity (Wildman–Crippen MR) is 217 cm³/mol. The van der Waals surface area contributed by atoms with E-state index in [2.05, 4.69) is 67.1 Å². The van der Waals surface area contributed by atoms with Crippen LogP contribution in [0.4, 0.5) is 0 Å². The lowest BCUT2D eigenvalue weighted by atomic mass is 10.1. The number of aliphatic imine (C=N–C) groups is 4. The number of aliphatic hydroxyl groups excluding tert-OH is 1. The van der Waals surface area contributed by atoms with Crippen LogP contribution in [-0.4, -0.2) is 36.1 Å². The maximum Gasteiger partial charge on any atom is 0.0742 e. The van der Waals surface area contributed by atoms with E-state index in [0.717, 1.165) is 42.2 Å². The summed E-state index contributed by atoms with van der Waals surface area (Å²) in [4.78, 5) is 16.1. The van der Waals surface area contributed by atoms with E-state index in [-0.39, 0.29) is 29.7 Å². The SMILES string of the molecule is Br/C1=C/N=C/C=C\C=C/C1.C.C.C.C.C1=CC=N/C=C\CC=C1.CC(O)/C1=C/N=C/C=C\C=C/C1.CC/C1=C/N=C/C=C\C=C/C1. The summed E-state index contributed by atoms with van der Waals surface area (Å²) >= 11 is 3.38. The Hall–Kier alpha value is -4.00. The van der Waals surface area contributed by atoms with Gasteiger partial charge in [0.25, 0.3) is 0 Å². The maximum absolute atomic E-state index is 9.29. The smallest absolute Gasteiger partial charge is 0.0742 e. The van der Waals surface area contributed by atoms with Gasteiger partial charge in [-0.3, -0.25) is 20.0 Å². The van der Waals surface area contributed by atoms with Crippen LogP contribution >= 0.6 is 15.9 Å². The molecule has 6 heteroatoms. The number of hydrogen-bond donors (Lipinski definition) is 1. The fourth-order valence-corrected chi connectivity index (χ4v) is 3.29. The van der Waals surface area contributed by atoms with Crippen molar-refractivity contribution in [1.29, 1.82) is 0 Å². The molecule has 0 aliphatic carbocycles. The fraction of sp³-hybridized carbons (Fsp3) is 0.300. The largest absolute Gasteiger partial charge is 0.389 e. The number of aliphatic hydroxyl groups is 1. The molecule has 0 saturated carbocycles. The van der Waals surface area contributed by atoms with Crippen molar-refractivity contribution in [2.24, 2.45) is 20.0 Å². The van der Waals surface area contributed by atoms with E-state index in [4.69, 9.17) is 0 Å². The minimum absolute atomic E-state index is 0. The third-order valence-corrected chi connectivity index (χ3v) is 5.86. The summed E-state index contributed by atoms with van der Waals surface area (Å²) in [6, 6.07) is 0. The number of allylic oxidation sites excluding steroid dienone is 19. The minimum Gasteiger partial charge on any atom is -0.389 e. The van der Waals surface area contributed by atoms with Crippen molar-refractivity contribution in [3.8, 4) is 0 Å². The summed E-state index contributed by atoms with van der Waals surface area (Å²) < 4.78 is 1.10. The first-order valence-corrected chi connectivity index (χ1v) is 14.9. The Kier molecular flexibility index (Phi) is 39.5. The Morgan fingerprint density at radius 3 is 1.63 bits per heavy atom. The average Bonchev–Trinajstić information content (AvgIpc) is 3.36. The molecule has 0 aromatic carbocycles. The van der Waals surface area contributed by atoms with Gasteiger partial charge < -0.3 is 5.11 Å². The molecule has 4 aliphatic rings. The van der Waals surface area contributed by atoms with E-state index in [0.29, 0.717) is 0 Å². The molecule has 5 nitrogen and oxygen atoms in total. The molecule has 1 atom stereocenters. The molecular weight excluding hydrogens is 632 g/mol. The Labute approximate surface area is 290 Å². The van der Waals surface area contributed by atoms with Crippen LogP contribution in [0, 0.1) is 0 Å². The molecule has 0 spiro atoms. The molecule has 0 aromatic heterocycles. The zero-order valence-electron chi connectivity index (χ0n) is 24.7. The molecule has 1 unspecified atom stereocenters. The highest BCUT2D eigenvalue weighted by atomic mass is 79.9. The molecule has 46 heavy (non-hydrogen) atoms. The Morgan fingerprint density at radius 1 is 0.587 bits per heavy atom. The normalized spacial score (nSPS) is 26.6. The van der Waals surface area contributed by atoms with Crippen LogP contribution in [0.5, 0.6) is 0 Å². The molecule has 1 N–H and O–H groups in total. The zero-order chi connectivity index (χ0) is 30.4. The van der Waals surface area contributed by atoms with Crippen molar-refractivity contribution >= 4 is 40.8 Å². The van der Waals surface area contributed by atoms with Crippen LogP contribution in [0.1, 0.15) is 75.7 Å².